The summed E-state index contributed by atoms with van der Waals surface area (Å²) in [5.41, 5.74) is 0. The van der Waals surface area contributed by atoms with Crippen molar-refractivity contribution >= 4 is 0 Å². The predicted molar refractivity (Wildman–Crippen MR) is 21.8 cm³/mol. The second-order valence-corrected chi connectivity index (χ2v) is 0. The molecule has 0 aromatic rings. The van der Waals surface area contributed by atoms with Crippen LogP contribution in [-0.2, 0) is 0 Å². The second kappa shape index (κ2) is 1210. The van der Waals surface area contributed by atoms with E-state index in [9.17, 15) is 0 Å². The second-order valence-electron chi connectivity index (χ2n) is 0. The molecule has 0 radical (unpaired) electrons. The van der Waals surface area contributed by atoms with E-state index in [1.807, 2.05) is 0 Å². The largest absolute Gasteiger partial charge is 0.412 e. The van der Waals surface area contributed by atoms with Crippen molar-refractivity contribution in [2.75, 3.05) is 7.11 Å². The summed E-state index contributed by atoms with van der Waals surface area (Å²) in [7, 11) is 1.00. The van der Waals surface area contributed by atoms with Crippen molar-refractivity contribution in [1.82, 2.24) is 12.3 Å². The number of aliphatic hydroxyl groups is 1. The molecule has 0 atom stereocenters. The molecule has 0 aliphatic heterocycles. The molecule has 0 amide bonds. The topological polar surface area (TPSA) is 122 Å². The molecule has 0 saturated carbocycles. The van der Waals surface area contributed by atoms with Gasteiger partial charge in [-0.15, -0.1) is 0 Å². The number of rotatable bonds is 0. The van der Waals surface area contributed by atoms with Crippen LogP contribution in [0.4, 0.5) is 0 Å². The Morgan fingerprint density at radius 3 is 1.00 bits per heavy atom. The lowest BCUT2D eigenvalue weighted by Crippen LogP contribution is -1.25. The Kier molecular flexibility index (Phi) is 24500. The Morgan fingerprint density at radius 1 is 1.00 bits per heavy atom. The van der Waals surface area contributed by atoms with Crippen molar-refractivity contribution < 1.29 is 10.6 Å². The number of hydrogen-bond donors (Lipinski definition) is 3. The Balaban J connectivity index is -0.00000000167. The third kappa shape index (κ3) is 508. The minimum atomic E-state index is 0. The molecule has 0 bridgehead atoms. The zero-order chi connectivity index (χ0) is 2.00. The van der Waals surface area contributed by atoms with E-state index in [1.54, 1.807) is 0 Å². The van der Waals surface area contributed by atoms with Crippen LogP contribution >= 0.6 is 0 Å². The van der Waals surface area contributed by atoms with Crippen LogP contribution in [0, 0.1) is 0 Å². The van der Waals surface area contributed by atoms with Gasteiger partial charge in [-0.25, -0.2) is 0 Å². The Bertz CT molecular complexity index is 7.61. The fourth-order valence-corrected chi connectivity index (χ4v) is 0. The summed E-state index contributed by atoms with van der Waals surface area (Å²) in [5, 5.41) is 7.00. The van der Waals surface area contributed by atoms with Gasteiger partial charge in [0.2, 0.25) is 0 Å². The first-order chi connectivity index (χ1) is 1.00. The maximum absolute atomic E-state index is 7.00. The van der Waals surface area contributed by atoms with Gasteiger partial charge in [-0.05, 0) is 0 Å². The first kappa shape index (κ1) is 101. The minimum Gasteiger partial charge on any atom is -0.412 e. The highest BCUT2D eigenvalue weighted by atomic mass is 16.2. The molecule has 0 rings (SSSR count). The molecular formula is CH12N2O2. The van der Waals surface area contributed by atoms with Gasteiger partial charge < -0.3 is 22.9 Å². The number of aliphatic hydroxyl groups excluding tert-OH is 1. The zero-order valence-corrected chi connectivity index (χ0v) is 3.36. The first-order valence-electron chi connectivity index (χ1n) is 0.447. The van der Waals surface area contributed by atoms with Gasteiger partial charge in [0.1, 0.15) is 0 Å². The van der Waals surface area contributed by atoms with E-state index in [1.165, 1.54) is 0 Å². The fraction of sp³-hybridized carbons (Fsp3) is 1.00. The predicted octanol–water partition coefficient (Wildman–Crippen LogP) is -0.892. The molecule has 0 heterocycles. The highest BCUT2D eigenvalue weighted by molar-refractivity contribution is 3.18. The molecule has 0 aliphatic rings. The lowest BCUT2D eigenvalue weighted by atomic mass is 11.8. The molecule has 38 valence electrons. The monoisotopic (exact) mass is 84.1 g/mol. The Morgan fingerprint density at radius 2 is 1.00 bits per heavy atom. The van der Waals surface area contributed by atoms with Crippen LogP contribution in [0.25, 0.3) is 0 Å². The van der Waals surface area contributed by atoms with Crippen LogP contribution in [0.5, 0.6) is 0 Å². The van der Waals surface area contributed by atoms with Crippen molar-refractivity contribution in [1.29, 1.82) is 0 Å². The van der Waals surface area contributed by atoms with E-state index < -0.39 is 0 Å². The average Bonchev–Trinajstić information content (AvgIpc) is 1.00. The van der Waals surface area contributed by atoms with Crippen molar-refractivity contribution in [2.24, 2.45) is 0 Å². The molecule has 5 heavy (non-hydrogen) atoms. The highest BCUT2D eigenvalue weighted by Gasteiger charge is 0.839. The lowest BCUT2D eigenvalue weighted by Gasteiger charge is -1.21. The van der Waals surface area contributed by atoms with E-state index in [-0.39, 0.29) is 17.8 Å². The summed E-state index contributed by atoms with van der Waals surface area (Å²) in [5.74, 6) is 0. The average molecular weight is 84.1 g/mol. The molecule has 4 nitrogen and oxygen atoms in total. The van der Waals surface area contributed by atoms with Crippen LogP contribution in [-0.4, -0.2) is 17.7 Å². The molecule has 0 spiro atoms. The van der Waals surface area contributed by atoms with E-state index in [4.69, 9.17) is 5.11 Å². The third-order valence-electron chi connectivity index (χ3n) is 0. The molecular weight excluding hydrogens is 72.0 g/mol. The highest BCUT2D eigenvalue weighted by Crippen LogP contribution is 0.755. The summed E-state index contributed by atoms with van der Waals surface area (Å²) in [4.78, 5) is 0. The number of hydrogen-bond acceptors (Lipinski definition) is 3. The Hall–Kier alpha value is -0.160. The van der Waals surface area contributed by atoms with Crippen molar-refractivity contribution in [3.8, 4) is 0 Å². The summed E-state index contributed by atoms with van der Waals surface area (Å²) in [6, 6.07) is 0. The van der Waals surface area contributed by atoms with Gasteiger partial charge in [-0.3, -0.25) is 0 Å². The maximum atomic E-state index is 7.00. The maximum Gasteiger partial charge on any atom is 0.0319 e. The Labute approximate surface area is 31.3 Å². The molecule has 0 unspecified atom stereocenters. The van der Waals surface area contributed by atoms with Gasteiger partial charge in [0.15, 0.2) is 0 Å². The van der Waals surface area contributed by atoms with Gasteiger partial charge >= 0.3 is 0 Å². The smallest absolute Gasteiger partial charge is 0.0319 e. The van der Waals surface area contributed by atoms with Gasteiger partial charge in [0.05, 0.1) is 0 Å². The SMILES string of the molecule is CO.N.N.O. The van der Waals surface area contributed by atoms with Crippen LogP contribution in [0.3, 0.4) is 0 Å². The standard InChI is InChI=1S/CH4O.2H3N.H2O/c1-2;;;/h2H,1H3;2*1H3;1H2. The molecule has 0 aromatic heterocycles. The lowest BCUT2D eigenvalue weighted by molar-refractivity contribution is 0.399. The summed E-state index contributed by atoms with van der Waals surface area (Å²) < 4.78 is 0. The molecule has 0 aromatic carbocycles. The molecule has 0 aliphatic carbocycles. The van der Waals surface area contributed by atoms with Gasteiger partial charge in [0.25, 0.3) is 0 Å². The van der Waals surface area contributed by atoms with Gasteiger partial charge in [0, 0.05) is 7.11 Å². The summed E-state index contributed by atoms with van der Waals surface area (Å²) in [6.45, 7) is 0. The van der Waals surface area contributed by atoms with Crippen LogP contribution in [0.2, 0.25) is 0 Å². The fourth-order valence-electron chi connectivity index (χ4n) is 0. The van der Waals surface area contributed by atoms with E-state index in [0.717, 1.165) is 7.11 Å². The van der Waals surface area contributed by atoms with Crippen molar-refractivity contribution in [3.05, 3.63) is 0 Å². The first-order valence-corrected chi connectivity index (χ1v) is 0.447. The normalized spacial score (nSPS) is 1.20. The zero-order valence-electron chi connectivity index (χ0n) is 3.36. The summed E-state index contributed by atoms with van der Waals surface area (Å²) in [6.07, 6.45) is 0. The van der Waals surface area contributed by atoms with E-state index in [0.29, 0.717) is 0 Å². The molecule has 0 fully saturated rings. The van der Waals surface area contributed by atoms with Crippen molar-refractivity contribution in [3.63, 3.8) is 0 Å². The quantitative estimate of drug-likeness (QED) is 0.352. The molecule has 4 heteroatoms. The van der Waals surface area contributed by atoms with Crippen LogP contribution < -0.4 is 12.3 Å². The van der Waals surface area contributed by atoms with Crippen LogP contribution in [0.1, 0.15) is 0 Å². The van der Waals surface area contributed by atoms with Gasteiger partial charge in [-0.1, -0.05) is 0 Å². The third-order valence-corrected chi connectivity index (χ3v) is 0. The van der Waals surface area contributed by atoms with E-state index in [2.05, 4.69) is 0 Å². The van der Waals surface area contributed by atoms with Gasteiger partial charge in [-0.2, -0.15) is 0 Å². The minimum absolute atomic E-state index is 0. The molecule has 9 N–H and O–H groups in total. The molecule has 0 saturated heterocycles. The van der Waals surface area contributed by atoms with E-state index >= 15 is 0 Å². The summed E-state index contributed by atoms with van der Waals surface area (Å²) >= 11 is 0. The van der Waals surface area contributed by atoms with Crippen molar-refractivity contribution in [2.45, 2.75) is 0 Å². The van der Waals surface area contributed by atoms with Crippen LogP contribution in [0.15, 0.2) is 0 Å².